The van der Waals surface area contributed by atoms with Crippen LogP contribution in [0.1, 0.15) is 49.0 Å². The minimum Gasteiger partial charge on any atom is -0.337 e. The standard InChI is InChI=1S/C19H29N3O3S.ClH/c1-4-22(5-2)26(24,25)18-12-15(7-6-14(18)3)19(23)21-11-10-16-8-9-17(13-21)20-16;/h6-7,12,16-17,20H,4-5,8-11,13H2,1-3H3;1H. The molecule has 2 saturated heterocycles. The lowest BCUT2D eigenvalue weighted by atomic mass is 10.1. The van der Waals surface area contributed by atoms with Gasteiger partial charge in [-0.3, -0.25) is 4.79 Å². The zero-order chi connectivity index (χ0) is 18.9. The van der Waals surface area contributed by atoms with E-state index in [0.717, 1.165) is 19.4 Å². The summed E-state index contributed by atoms with van der Waals surface area (Å²) in [6.45, 7) is 7.67. The van der Waals surface area contributed by atoms with Gasteiger partial charge in [0.2, 0.25) is 10.0 Å². The highest BCUT2D eigenvalue weighted by Crippen LogP contribution is 2.24. The van der Waals surface area contributed by atoms with E-state index in [4.69, 9.17) is 0 Å². The summed E-state index contributed by atoms with van der Waals surface area (Å²) in [5, 5.41) is 3.57. The van der Waals surface area contributed by atoms with Crippen molar-refractivity contribution in [2.45, 2.75) is 57.0 Å². The number of hydrogen-bond donors (Lipinski definition) is 1. The Morgan fingerprint density at radius 1 is 1.19 bits per heavy atom. The molecule has 0 radical (unpaired) electrons. The first-order valence-corrected chi connectivity index (χ1v) is 11.0. The van der Waals surface area contributed by atoms with Crippen molar-refractivity contribution < 1.29 is 13.2 Å². The number of nitrogens with one attached hydrogen (secondary N) is 1. The molecule has 1 aromatic carbocycles. The van der Waals surface area contributed by atoms with Crippen molar-refractivity contribution in [3.8, 4) is 0 Å². The van der Waals surface area contributed by atoms with Gasteiger partial charge < -0.3 is 10.2 Å². The second kappa shape index (κ2) is 8.90. The fourth-order valence-electron chi connectivity index (χ4n) is 4.02. The summed E-state index contributed by atoms with van der Waals surface area (Å²) in [6.07, 6.45) is 3.24. The Kier molecular flexibility index (Phi) is 7.30. The molecule has 1 N–H and O–H groups in total. The van der Waals surface area contributed by atoms with Gasteiger partial charge in [0.05, 0.1) is 4.90 Å². The van der Waals surface area contributed by atoms with Gasteiger partial charge in [-0.25, -0.2) is 8.42 Å². The minimum absolute atomic E-state index is 0. The molecule has 152 valence electrons. The zero-order valence-corrected chi connectivity index (χ0v) is 17.9. The lowest BCUT2D eigenvalue weighted by molar-refractivity contribution is 0.0748. The van der Waals surface area contributed by atoms with E-state index >= 15 is 0 Å². The summed E-state index contributed by atoms with van der Waals surface area (Å²) in [4.78, 5) is 15.1. The predicted molar refractivity (Wildman–Crippen MR) is 109 cm³/mol. The van der Waals surface area contributed by atoms with E-state index in [1.807, 2.05) is 18.7 Å². The van der Waals surface area contributed by atoms with Crippen molar-refractivity contribution in [2.75, 3.05) is 26.2 Å². The average molecular weight is 416 g/mol. The maximum absolute atomic E-state index is 13.0. The van der Waals surface area contributed by atoms with Crippen LogP contribution in [0.5, 0.6) is 0 Å². The number of carbonyl (C=O) groups excluding carboxylic acids is 1. The Balaban J connectivity index is 0.00000261. The number of benzene rings is 1. The third-order valence-electron chi connectivity index (χ3n) is 5.57. The molecule has 0 aliphatic carbocycles. The van der Waals surface area contributed by atoms with Crippen LogP contribution in [0.4, 0.5) is 0 Å². The monoisotopic (exact) mass is 415 g/mol. The maximum atomic E-state index is 13.0. The van der Waals surface area contributed by atoms with E-state index in [0.29, 0.717) is 42.8 Å². The van der Waals surface area contributed by atoms with Gasteiger partial charge >= 0.3 is 0 Å². The third kappa shape index (κ3) is 4.47. The number of halogens is 1. The Hall–Kier alpha value is -1.15. The molecular formula is C19H30ClN3O3S. The van der Waals surface area contributed by atoms with Crippen molar-refractivity contribution in [3.05, 3.63) is 29.3 Å². The van der Waals surface area contributed by atoms with E-state index in [-0.39, 0.29) is 23.2 Å². The van der Waals surface area contributed by atoms with Gasteiger partial charge in [-0.05, 0) is 43.9 Å². The summed E-state index contributed by atoms with van der Waals surface area (Å²) in [5.41, 5.74) is 1.13. The molecule has 0 aromatic heterocycles. The molecular weight excluding hydrogens is 386 g/mol. The van der Waals surface area contributed by atoms with Crippen LogP contribution in [-0.2, 0) is 10.0 Å². The Bertz CT molecular complexity index is 780. The van der Waals surface area contributed by atoms with E-state index in [1.165, 1.54) is 10.7 Å². The lowest BCUT2D eigenvalue weighted by Gasteiger charge is -2.25. The van der Waals surface area contributed by atoms with Gasteiger partial charge in [0.25, 0.3) is 5.91 Å². The summed E-state index contributed by atoms with van der Waals surface area (Å²) < 4.78 is 27.3. The van der Waals surface area contributed by atoms with Crippen molar-refractivity contribution in [3.63, 3.8) is 0 Å². The van der Waals surface area contributed by atoms with Gasteiger partial charge in [-0.1, -0.05) is 19.9 Å². The molecule has 2 unspecified atom stereocenters. The smallest absolute Gasteiger partial charge is 0.253 e. The number of nitrogens with zero attached hydrogens (tertiary/aromatic N) is 2. The van der Waals surface area contributed by atoms with E-state index in [9.17, 15) is 13.2 Å². The van der Waals surface area contributed by atoms with Gasteiger partial charge in [0.15, 0.2) is 0 Å². The van der Waals surface area contributed by atoms with Crippen LogP contribution in [-0.4, -0.2) is 61.8 Å². The molecule has 1 aromatic rings. The number of carbonyl (C=O) groups is 1. The van der Waals surface area contributed by atoms with Crippen molar-refractivity contribution in [1.82, 2.24) is 14.5 Å². The van der Waals surface area contributed by atoms with Crippen LogP contribution < -0.4 is 5.32 Å². The zero-order valence-electron chi connectivity index (χ0n) is 16.3. The molecule has 2 heterocycles. The topological polar surface area (TPSA) is 69.7 Å². The first-order chi connectivity index (χ1) is 12.4. The minimum atomic E-state index is -3.58. The van der Waals surface area contributed by atoms with Gasteiger partial charge in [-0.2, -0.15) is 4.31 Å². The molecule has 8 heteroatoms. The predicted octanol–water partition coefficient (Wildman–Crippen LogP) is 2.41. The van der Waals surface area contributed by atoms with Crippen molar-refractivity contribution in [1.29, 1.82) is 0 Å². The fraction of sp³-hybridized carbons (Fsp3) is 0.632. The molecule has 2 atom stereocenters. The molecule has 0 saturated carbocycles. The van der Waals surface area contributed by atoms with Gasteiger partial charge in [-0.15, -0.1) is 12.4 Å². The SMILES string of the molecule is CCN(CC)S(=O)(=O)c1cc(C(=O)N2CCC3CCC(C2)N3)ccc1C.Cl. The summed E-state index contributed by atoms with van der Waals surface area (Å²) in [7, 11) is -3.58. The molecule has 2 aliphatic heterocycles. The number of aryl methyl sites for hydroxylation is 1. The van der Waals surface area contributed by atoms with Crippen LogP contribution in [0.3, 0.4) is 0 Å². The first-order valence-electron chi connectivity index (χ1n) is 9.53. The normalized spacial score (nSPS) is 22.4. The largest absolute Gasteiger partial charge is 0.337 e. The molecule has 6 nitrogen and oxygen atoms in total. The fourth-order valence-corrected chi connectivity index (χ4v) is 5.73. The molecule has 0 spiro atoms. The highest BCUT2D eigenvalue weighted by Gasteiger charge is 2.32. The molecule has 1 amide bonds. The number of likely N-dealkylation sites (tertiary alicyclic amines) is 1. The van der Waals surface area contributed by atoms with Crippen molar-refractivity contribution >= 4 is 28.3 Å². The van der Waals surface area contributed by atoms with Crippen LogP contribution in [0.2, 0.25) is 0 Å². The number of hydrogen-bond acceptors (Lipinski definition) is 4. The van der Waals surface area contributed by atoms with Gasteiger partial charge in [0.1, 0.15) is 0 Å². The first kappa shape index (κ1) is 22.1. The average Bonchev–Trinajstić information content (AvgIpc) is 2.94. The van der Waals surface area contributed by atoms with E-state index in [1.54, 1.807) is 25.1 Å². The van der Waals surface area contributed by atoms with Crippen LogP contribution in [0.25, 0.3) is 0 Å². The van der Waals surface area contributed by atoms with E-state index in [2.05, 4.69) is 5.32 Å². The highest BCUT2D eigenvalue weighted by molar-refractivity contribution is 7.89. The van der Waals surface area contributed by atoms with Crippen molar-refractivity contribution in [2.24, 2.45) is 0 Å². The molecule has 2 fully saturated rings. The second-order valence-electron chi connectivity index (χ2n) is 7.25. The molecule has 27 heavy (non-hydrogen) atoms. The maximum Gasteiger partial charge on any atom is 0.253 e. The Labute approximate surface area is 168 Å². The van der Waals surface area contributed by atoms with Crippen LogP contribution >= 0.6 is 12.4 Å². The second-order valence-corrected chi connectivity index (χ2v) is 9.15. The molecule has 2 bridgehead atoms. The lowest BCUT2D eigenvalue weighted by Crippen LogP contribution is -2.39. The number of fused-ring (bicyclic) bond motifs is 2. The Morgan fingerprint density at radius 2 is 1.85 bits per heavy atom. The highest BCUT2D eigenvalue weighted by atomic mass is 35.5. The molecule has 3 rings (SSSR count). The summed E-state index contributed by atoms with van der Waals surface area (Å²) in [6, 6.07) is 5.91. The van der Waals surface area contributed by atoms with Gasteiger partial charge in [0, 0.05) is 43.8 Å². The quantitative estimate of drug-likeness (QED) is 0.801. The van der Waals surface area contributed by atoms with E-state index < -0.39 is 10.0 Å². The van der Waals surface area contributed by atoms with Crippen LogP contribution in [0, 0.1) is 6.92 Å². The molecule has 2 aliphatic rings. The summed E-state index contributed by atoms with van der Waals surface area (Å²) >= 11 is 0. The summed E-state index contributed by atoms with van der Waals surface area (Å²) in [5.74, 6) is -0.0738. The van der Waals surface area contributed by atoms with Crippen LogP contribution in [0.15, 0.2) is 23.1 Å². The third-order valence-corrected chi connectivity index (χ3v) is 7.76. The number of amides is 1. The number of rotatable bonds is 5. The Morgan fingerprint density at radius 3 is 2.52 bits per heavy atom. The number of sulfonamides is 1.